The maximum atomic E-state index is 12.2. The molecular weight excluding hydrogens is 362 g/mol. The van der Waals surface area contributed by atoms with Gasteiger partial charge < -0.3 is 24.7 Å². The number of rotatable bonds is 5. The fraction of sp³-hybridized carbons (Fsp3) is 0.562. The van der Waals surface area contributed by atoms with Crippen molar-refractivity contribution >= 4 is 23.7 Å². The SMILES string of the molecule is CC(=O)OC[C@@]1(C)O[C@@H](n2ccc(N)nc2=O)C(OC(C)=O)C1OC(C)=O. The Balaban J connectivity index is 2.50. The first-order chi connectivity index (χ1) is 12.5. The van der Waals surface area contributed by atoms with Gasteiger partial charge in [0.15, 0.2) is 18.4 Å². The molecule has 11 nitrogen and oxygen atoms in total. The lowest BCUT2D eigenvalue weighted by Gasteiger charge is -2.29. The number of nitrogens with zero attached hydrogens (tertiary/aromatic N) is 2. The number of ether oxygens (including phenoxy) is 4. The van der Waals surface area contributed by atoms with Crippen LogP contribution in [0.1, 0.15) is 33.9 Å². The molecule has 11 heteroatoms. The normalized spacial score (nSPS) is 27.0. The summed E-state index contributed by atoms with van der Waals surface area (Å²) >= 11 is 0. The molecule has 0 spiro atoms. The second kappa shape index (κ2) is 7.74. The Morgan fingerprint density at radius 2 is 1.85 bits per heavy atom. The van der Waals surface area contributed by atoms with Crippen LogP contribution >= 0.6 is 0 Å². The Labute approximate surface area is 154 Å². The van der Waals surface area contributed by atoms with Crippen LogP contribution in [0.2, 0.25) is 0 Å². The molecular formula is C16H21N3O8. The van der Waals surface area contributed by atoms with Crippen LogP contribution in [0.15, 0.2) is 17.1 Å². The smallest absolute Gasteiger partial charge is 0.351 e. The van der Waals surface area contributed by atoms with Crippen molar-refractivity contribution in [3.63, 3.8) is 0 Å². The van der Waals surface area contributed by atoms with Crippen molar-refractivity contribution in [2.24, 2.45) is 0 Å². The molecule has 2 unspecified atom stereocenters. The molecule has 2 heterocycles. The van der Waals surface area contributed by atoms with Crippen LogP contribution in [0, 0.1) is 0 Å². The maximum Gasteiger partial charge on any atom is 0.351 e. The third-order valence-corrected chi connectivity index (χ3v) is 3.85. The summed E-state index contributed by atoms with van der Waals surface area (Å²) in [5, 5.41) is 0. The summed E-state index contributed by atoms with van der Waals surface area (Å²) in [6, 6.07) is 1.36. The van der Waals surface area contributed by atoms with Crippen LogP contribution in [0.25, 0.3) is 0 Å². The number of aromatic nitrogens is 2. The van der Waals surface area contributed by atoms with Gasteiger partial charge in [0.1, 0.15) is 18.0 Å². The highest BCUT2D eigenvalue weighted by atomic mass is 16.7. The van der Waals surface area contributed by atoms with Gasteiger partial charge in [0, 0.05) is 27.0 Å². The Kier molecular flexibility index (Phi) is 5.84. The van der Waals surface area contributed by atoms with Crippen molar-refractivity contribution in [1.29, 1.82) is 0 Å². The fourth-order valence-corrected chi connectivity index (χ4v) is 2.78. The van der Waals surface area contributed by atoms with Gasteiger partial charge >= 0.3 is 23.6 Å². The maximum absolute atomic E-state index is 12.2. The second-order valence-corrected chi connectivity index (χ2v) is 6.25. The number of carbonyl (C=O) groups excluding carboxylic acids is 3. The first-order valence-corrected chi connectivity index (χ1v) is 8.04. The van der Waals surface area contributed by atoms with Crippen molar-refractivity contribution < 1.29 is 33.3 Å². The molecule has 1 aromatic rings. The van der Waals surface area contributed by atoms with Gasteiger partial charge in [-0.05, 0) is 13.0 Å². The van der Waals surface area contributed by atoms with Gasteiger partial charge in [-0.1, -0.05) is 0 Å². The third-order valence-electron chi connectivity index (χ3n) is 3.85. The van der Waals surface area contributed by atoms with Gasteiger partial charge in [-0.15, -0.1) is 0 Å². The van der Waals surface area contributed by atoms with Gasteiger partial charge in [-0.3, -0.25) is 19.0 Å². The summed E-state index contributed by atoms with van der Waals surface area (Å²) in [4.78, 5) is 50.2. The van der Waals surface area contributed by atoms with Crippen LogP contribution in [-0.2, 0) is 33.3 Å². The number of hydrogen-bond acceptors (Lipinski definition) is 10. The first kappa shape index (κ1) is 20.4. The molecule has 0 amide bonds. The molecule has 1 fully saturated rings. The van der Waals surface area contributed by atoms with Crippen LogP contribution in [0.5, 0.6) is 0 Å². The molecule has 4 atom stereocenters. The third kappa shape index (κ3) is 4.61. The number of hydrogen-bond donors (Lipinski definition) is 1. The molecule has 0 aliphatic carbocycles. The van der Waals surface area contributed by atoms with E-state index in [0.29, 0.717) is 0 Å². The molecule has 1 aliphatic rings. The minimum atomic E-state index is -1.39. The van der Waals surface area contributed by atoms with E-state index in [1.54, 1.807) is 0 Å². The van der Waals surface area contributed by atoms with Gasteiger partial charge in [0.25, 0.3) is 0 Å². The average Bonchev–Trinajstić information content (AvgIpc) is 2.78. The number of anilines is 1. The standard InChI is InChI=1S/C16H21N3O8/c1-8(20)24-7-16(4)13(26-10(3)22)12(25-9(2)21)14(27-16)19-6-5-11(17)18-15(19)23/h5-6,12-14H,7H2,1-4H3,(H2,17,18,23)/t12?,13?,14-,16-/m1/s1. The molecule has 0 saturated carbocycles. The summed E-state index contributed by atoms with van der Waals surface area (Å²) in [6.45, 7) is 4.74. The van der Waals surface area contributed by atoms with Crippen LogP contribution in [0.3, 0.4) is 0 Å². The van der Waals surface area contributed by atoms with E-state index in [2.05, 4.69) is 4.98 Å². The van der Waals surface area contributed by atoms with Crippen molar-refractivity contribution in [3.05, 3.63) is 22.7 Å². The zero-order valence-corrected chi connectivity index (χ0v) is 15.3. The highest BCUT2D eigenvalue weighted by Gasteiger charge is 2.58. The molecule has 1 saturated heterocycles. The fourth-order valence-electron chi connectivity index (χ4n) is 2.78. The lowest BCUT2D eigenvalue weighted by Crippen LogP contribution is -2.48. The van der Waals surface area contributed by atoms with Crippen molar-refractivity contribution in [2.45, 2.75) is 51.7 Å². The van der Waals surface area contributed by atoms with Crippen LogP contribution < -0.4 is 11.4 Å². The Morgan fingerprint density at radius 3 is 2.37 bits per heavy atom. The molecule has 0 bridgehead atoms. The zero-order valence-electron chi connectivity index (χ0n) is 15.3. The molecule has 0 radical (unpaired) electrons. The Bertz CT molecular complexity index is 807. The topological polar surface area (TPSA) is 149 Å². The number of nitrogen functional groups attached to an aromatic ring is 1. The minimum Gasteiger partial charge on any atom is -0.463 e. The highest BCUT2D eigenvalue weighted by molar-refractivity contribution is 5.68. The molecule has 27 heavy (non-hydrogen) atoms. The quantitative estimate of drug-likeness (QED) is 0.523. The minimum absolute atomic E-state index is 0.00232. The predicted octanol–water partition coefficient (Wildman–Crippen LogP) is -0.460. The molecule has 1 aliphatic heterocycles. The van der Waals surface area contributed by atoms with Gasteiger partial charge in [-0.25, -0.2) is 4.79 Å². The second-order valence-electron chi connectivity index (χ2n) is 6.25. The molecule has 0 aromatic carbocycles. The van der Waals surface area contributed by atoms with E-state index in [-0.39, 0.29) is 12.4 Å². The van der Waals surface area contributed by atoms with Crippen molar-refractivity contribution in [1.82, 2.24) is 9.55 Å². The zero-order chi connectivity index (χ0) is 20.4. The first-order valence-electron chi connectivity index (χ1n) is 8.04. The molecule has 148 valence electrons. The monoisotopic (exact) mass is 383 g/mol. The van der Waals surface area contributed by atoms with Gasteiger partial charge in [0.2, 0.25) is 0 Å². The Hall–Kier alpha value is -2.95. The summed E-state index contributed by atoms with van der Waals surface area (Å²) in [6.07, 6.45) is -2.20. The lowest BCUT2D eigenvalue weighted by atomic mass is 9.97. The molecule has 2 N–H and O–H groups in total. The van der Waals surface area contributed by atoms with Gasteiger partial charge in [-0.2, -0.15) is 4.98 Å². The van der Waals surface area contributed by atoms with Crippen molar-refractivity contribution in [2.75, 3.05) is 12.3 Å². The van der Waals surface area contributed by atoms with E-state index in [0.717, 1.165) is 11.5 Å². The number of nitrogens with two attached hydrogens (primary N) is 1. The highest BCUT2D eigenvalue weighted by Crippen LogP contribution is 2.40. The van der Waals surface area contributed by atoms with E-state index in [9.17, 15) is 19.2 Å². The van der Waals surface area contributed by atoms with E-state index in [1.807, 2.05) is 0 Å². The van der Waals surface area contributed by atoms with E-state index in [4.69, 9.17) is 24.7 Å². The Morgan fingerprint density at radius 1 is 1.22 bits per heavy atom. The molecule has 1 aromatic heterocycles. The predicted molar refractivity (Wildman–Crippen MR) is 89.2 cm³/mol. The van der Waals surface area contributed by atoms with Crippen LogP contribution in [-0.4, -0.2) is 51.9 Å². The summed E-state index contributed by atoms with van der Waals surface area (Å²) < 4.78 is 22.5. The summed E-state index contributed by atoms with van der Waals surface area (Å²) in [7, 11) is 0. The van der Waals surface area contributed by atoms with E-state index in [1.165, 1.54) is 33.0 Å². The number of esters is 3. The number of carbonyl (C=O) groups is 3. The summed E-state index contributed by atoms with van der Waals surface area (Å²) in [5.74, 6) is -1.94. The van der Waals surface area contributed by atoms with E-state index >= 15 is 0 Å². The van der Waals surface area contributed by atoms with Gasteiger partial charge in [0.05, 0.1) is 0 Å². The van der Waals surface area contributed by atoms with Crippen LogP contribution in [0.4, 0.5) is 5.82 Å². The molecule has 2 rings (SSSR count). The van der Waals surface area contributed by atoms with Crippen molar-refractivity contribution in [3.8, 4) is 0 Å². The average molecular weight is 383 g/mol. The lowest BCUT2D eigenvalue weighted by molar-refractivity contribution is -0.174. The van der Waals surface area contributed by atoms with E-state index < -0.39 is 47.6 Å². The summed E-state index contributed by atoms with van der Waals surface area (Å²) in [5.41, 5.74) is 3.35. The largest absolute Gasteiger partial charge is 0.463 e.